The van der Waals surface area contributed by atoms with Gasteiger partial charge in [-0.1, -0.05) is 30.3 Å². The van der Waals surface area contributed by atoms with Crippen molar-refractivity contribution in [2.24, 2.45) is 10.2 Å². The Bertz CT molecular complexity index is 1560. The van der Waals surface area contributed by atoms with Crippen molar-refractivity contribution in [1.82, 2.24) is 4.90 Å². The zero-order chi connectivity index (χ0) is 27.9. The van der Waals surface area contributed by atoms with Gasteiger partial charge in [0.2, 0.25) is 5.75 Å². The van der Waals surface area contributed by atoms with Gasteiger partial charge in [0.15, 0.2) is 16.7 Å². The summed E-state index contributed by atoms with van der Waals surface area (Å²) in [5, 5.41) is 19.2. The summed E-state index contributed by atoms with van der Waals surface area (Å²) in [5.41, 5.74) is 1.39. The molecule has 3 aromatic carbocycles. The molecular weight excluding hydrogens is 530 g/mol. The van der Waals surface area contributed by atoms with Crippen LogP contribution in [0.1, 0.15) is 16.9 Å². The summed E-state index contributed by atoms with van der Waals surface area (Å²) in [4.78, 5) is 15.3. The molecule has 5 rings (SSSR count). The van der Waals surface area contributed by atoms with Crippen LogP contribution in [0.4, 0.5) is 0 Å². The zero-order valence-corrected chi connectivity index (χ0v) is 22.5. The molecule has 0 atom stereocenters. The van der Waals surface area contributed by atoms with Crippen LogP contribution in [0.15, 0.2) is 105 Å². The maximum atomic E-state index is 13.4. The molecule has 1 fully saturated rings. The van der Waals surface area contributed by atoms with Crippen molar-refractivity contribution in [3.63, 3.8) is 0 Å². The number of methoxy groups -OCH3 is 2. The minimum Gasteiger partial charge on any atom is -0.502 e. The van der Waals surface area contributed by atoms with Crippen LogP contribution in [0.3, 0.4) is 0 Å². The van der Waals surface area contributed by atoms with Crippen LogP contribution >= 0.6 is 11.8 Å². The average molecular weight is 556 g/mol. The van der Waals surface area contributed by atoms with E-state index in [1.807, 2.05) is 54.6 Å². The molecule has 1 N–H and O–H groups in total. The summed E-state index contributed by atoms with van der Waals surface area (Å²) >= 11 is 1.18. The van der Waals surface area contributed by atoms with Crippen LogP contribution in [0.5, 0.6) is 28.7 Å². The number of carbonyl (C=O) groups excluding carboxylic acids is 1. The van der Waals surface area contributed by atoms with E-state index in [-0.39, 0.29) is 29.7 Å². The lowest BCUT2D eigenvalue weighted by molar-refractivity contribution is -0.122. The van der Waals surface area contributed by atoms with Gasteiger partial charge in [0.25, 0.3) is 5.91 Å². The molecule has 1 aliphatic rings. The number of phenolic OH excluding ortho intramolecular Hbond substituents is 1. The first-order chi connectivity index (χ1) is 19.5. The van der Waals surface area contributed by atoms with Gasteiger partial charge >= 0.3 is 0 Å². The van der Waals surface area contributed by atoms with Crippen LogP contribution in [0.2, 0.25) is 0 Å². The number of hydrogen-bond acceptors (Lipinski definition) is 9. The van der Waals surface area contributed by atoms with E-state index in [0.717, 1.165) is 11.3 Å². The van der Waals surface area contributed by atoms with Gasteiger partial charge in [0, 0.05) is 0 Å². The number of phenols is 1. The van der Waals surface area contributed by atoms with Crippen molar-refractivity contribution in [2.45, 2.75) is 6.54 Å². The Morgan fingerprint density at radius 2 is 1.68 bits per heavy atom. The fourth-order valence-electron chi connectivity index (χ4n) is 3.86. The smallest absolute Gasteiger partial charge is 0.267 e. The fraction of sp³-hybridized carbons (Fsp3) is 0.100. The highest BCUT2D eigenvalue weighted by Gasteiger charge is 2.34. The van der Waals surface area contributed by atoms with Crippen LogP contribution < -0.4 is 14.2 Å². The number of furan rings is 1. The fourth-order valence-corrected chi connectivity index (χ4v) is 4.79. The van der Waals surface area contributed by atoms with Crippen molar-refractivity contribution in [2.75, 3.05) is 14.2 Å². The van der Waals surface area contributed by atoms with Gasteiger partial charge in [-0.05, 0) is 77.5 Å². The number of aromatic hydroxyl groups is 1. The summed E-state index contributed by atoms with van der Waals surface area (Å²) in [5.74, 6) is 2.07. The van der Waals surface area contributed by atoms with Gasteiger partial charge < -0.3 is 23.7 Å². The molecule has 0 spiro atoms. The standard InChI is InChI=1S/C30H25N3O6S/c1-36-25-15-21(16-26(37-2)28(25)34)17-27-29(35)33(19-24-12-7-13-38-24)30(40-27)32-31-18-20-8-6-11-23(14-20)39-22-9-4-3-5-10-22/h3-18,34H,19H2,1-2H3/b27-17-,31-18+,32-30-. The number of carbonyl (C=O) groups is 1. The molecule has 1 amide bonds. The number of nitrogens with zero attached hydrogens (tertiary/aromatic N) is 3. The predicted octanol–water partition coefficient (Wildman–Crippen LogP) is 6.30. The van der Waals surface area contributed by atoms with Crippen molar-refractivity contribution in [3.05, 3.63) is 107 Å². The number of hydrogen-bond donors (Lipinski definition) is 1. The summed E-state index contributed by atoms with van der Waals surface area (Å²) in [6.45, 7) is 0.188. The van der Waals surface area contributed by atoms with Crippen LogP contribution in [0.25, 0.3) is 6.08 Å². The van der Waals surface area contributed by atoms with E-state index < -0.39 is 0 Å². The van der Waals surface area contributed by atoms with Gasteiger partial charge in [-0.2, -0.15) is 5.10 Å². The normalized spacial score (nSPS) is 15.3. The first-order valence-electron chi connectivity index (χ1n) is 12.2. The second kappa shape index (κ2) is 12.3. The van der Waals surface area contributed by atoms with Gasteiger partial charge in [-0.15, -0.1) is 5.10 Å². The summed E-state index contributed by atoms with van der Waals surface area (Å²) < 4.78 is 21.8. The lowest BCUT2D eigenvalue weighted by atomic mass is 10.1. The maximum Gasteiger partial charge on any atom is 0.267 e. The van der Waals surface area contributed by atoms with E-state index in [4.69, 9.17) is 18.6 Å². The second-order valence-corrected chi connectivity index (χ2v) is 9.48. The molecule has 1 aromatic heterocycles. The third-order valence-corrected chi connectivity index (χ3v) is 6.77. The topological polar surface area (TPSA) is 106 Å². The van der Waals surface area contributed by atoms with E-state index >= 15 is 0 Å². The Kier molecular flexibility index (Phi) is 8.17. The highest BCUT2D eigenvalue weighted by Crippen LogP contribution is 2.40. The molecule has 10 heteroatoms. The maximum absolute atomic E-state index is 13.4. The molecule has 2 heterocycles. The first kappa shape index (κ1) is 26.6. The minimum atomic E-state index is -0.264. The molecule has 1 aliphatic heterocycles. The van der Waals surface area contributed by atoms with Crippen molar-refractivity contribution in [1.29, 1.82) is 0 Å². The number of amidine groups is 1. The molecule has 4 aromatic rings. The number of para-hydroxylation sites is 1. The SMILES string of the molecule is COc1cc(/C=C2\S/C(=N\N=C\c3cccc(Oc4ccccc4)c3)N(Cc3ccco3)C2=O)cc(OC)c1O. The molecule has 0 saturated carbocycles. The number of ether oxygens (including phenoxy) is 3. The lowest BCUT2D eigenvalue weighted by Crippen LogP contribution is -2.28. The third kappa shape index (κ3) is 6.19. The average Bonchev–Trinajstić information content (AvgIpc) is 3.59. The Morgan fingerprint density at radius 1 is 0.925 bits per heavy atom. The number of benzene rings is 3. The molecule has 0 aliphatic carbocycles. The van der Waals surface area contributed by atoms with Gasteiger partial charge in [-0.3, -0.25) is 9.69 Å². The van der Waals surface area contributed by atoms with E-state index in [0.29, 0.717) is 27.1 Å². The predicted molar refractivity (Wildman–Crippen MR) is 154 cm³/mol. The van der Waals surface area contributed by atoms with Gasteiger partial charge in [0.05, 0.1) is 38.1 Å². The molecule has 1 saturated heterocycles. The van der Waals surface area contributed by atoms with Crippen molar-refractivity contribution >= 4 is 35.1 Å². The van der Waals surface area contributed by atoms with Gasteiger partial charge in [0.1, 0.15) is 17.3 Å². The van der Waals surface area contributed by atoms with E-state index in [9.17, 15) is 9.90 Å². The Balaban J connectivity index is 1.41. The Morgan fingerprint density at radius 3 is 2.38 bits per heavy atom. The van der Waals surface area contributed by atoms with E-state index in [2.05, 4.69) is 10.2 Å². The molecule has 202 valence electrons. The quantitative estimate of drug-likeness (QED) is 0.147. The minimum absolute atomic E-state index is 0.119. The molecular formula is C30H25N3O6S. The summed E-state index contributed by atoms with van der Waals surface area (Å²) in [6, 6.07) is 23.7. The molecule has 0 bridgehead atoms. The monoisotopic (exact) mass is 555 g/mol. The molecule has 9 nitrogen and oxygen atoms in total. The number of rotatable bonds is 9. The summed E-state index contributed by atoms with van der Waals surface area (Å²) in [7, 11) is 2.89. The molecule has 0 radical (unpaired) electrons. The highest BCUT2D eigenvalue weighted by molar-refractivity contribution is 8.18. The van der Waals surface area contributed by atoms with Gasteiger partial charge in [-0.25, -0.2) is 0 Å². The molecule has 0 unspecified atom stereocenters. The second-order valence-electron chi connectivity index (χ2n) is 8.47. The Labute approximate surface area is 235 Å². The number of amides is 1. The lowest BCUT2D eigenvalue weighted by Gasteiger charge is -2.12. The van der Waals surface area contributed by atoms with Crippen LogP contribution in [0, 0.1) is 0 Å². The third-order valence-electron chi connectivity index (χ3n) is 5.77. The molecule has 40 heavy (non-hydrogen) atoms. The van der Waals surface area contributed by atoms with Crippen molar-refractivity contribution < 1.29 is 28.5 Å². The largest absolute Gasteiger partial charge is 0.502 e. The van der Waals surface area contributed by atoms with E-state index in [1.54, 1.807) is 42.8 Å². The zero-order valence-electron chi connectivity index (χ0n) is 21.7. The Hall–Kier alpha value is -4.96. The van der Waals surface area contributed by atoms with Crippen molar-refractivity contribution in [3.8, 4) is 28.7 Å². The van der Waals surface area contributed by atoms with E-state index in [1.165, 1.54) is 30.9 Å². The summed E-state index contributed by atoms with van der Waals surface area (Å²) in [6.07, 6.45) is 4.83. The van der Waals surface area contributed by atoms with Crippen LogP contribution in [-0.4, -0.2) is 41.5 Å². The van der Waals surface area contributed by atoms with Crippen LogP contribution in [-0.2, 0) is 11.3 Å². The highest BCUT2D eigenvalue weighted by atomic mass is 32.2. The number of thioether (sulfide) groups is 1. The first-order valence-corrected chi connectivity index (χ1v) is 13.0.